The van der Waals surface area contributed by atoms with Gasteiger partial charge in [0, 0.05) is 32.6 Å². The Morgan fingerprint density at radius 1 is 1.23 bits per heavy atom. The number of aliphatic imine (C=N–C) groups is 1. The Hall–Kier alpha value is -0.980. The van der Waals surface area contributed by atoms with Gasteiger partial charge in [-0.3, -0.25) is 4.99 Å². The van der Waals surface area contributed by atoms with Gasteiger partial charge in [0.25, 0.3) is 0 Å². The minimum Gasteiger partial charge on any atom is -0.493 e. The molecule has 2 aliphatic heterocycles. The predicted octanol–water partition coefficient (Wildman–Crippen LogP) is 3.87. The first-order valence-electron chi connectivity index (χ1n) is 10.1. The van der Waals surface area contributed by atoms with Gasteiger partial charge in [-0.15, -0.1) is 24.0 Å². The summed E-state index contributed by atoms with van der Waals surface area (Å²) in [4.78, 5) is 7.46. The predicted molar refractivity (Wildman–Crippen MR) is 118 cm³/mol. The minimum atomic E-state index is 0. The number of hydrogen-bond donors (Lipinski definition) is 1. The lowest BCUT2D eigenvalue weighted by molar-refractivity contribution is 0.299. The van der Waals surface area contributed by atoms with Crippen molar-refractivity contribution in [1.29, 1.82) is 0 Å². The molecule has 2 heterocycles. The summed E-state index contributed by atoms with van der Waals surface area (Å²) >= 11 is 0. The maximum Gasteiger partial charge on any atom is 0.193 e. The highest BCUT2D eigenvalue weighted by Gasteiger charge is 2.35. The Morgan fingerprint density at radius 3 is 2.73 bits per heavy atom. The lowest BCUT2D eigenvalue weighted by atomic mass is 9.82. The molecule has 0 radical (unpaired) electrons. The lowest BCUT2D eigenvalue weighted by Gasteiger charge is -2.22. The Kier molecular flexibility index (Phi) is 7.06. The Bertz CT molecular complexity index is 620. The van der Waals surface area contributed by atoms with Crippen molar-refractivity contribution in [2.24, 2.45) is 16.8 Å². The molecular weight excluding hydrogens is 437 g/mol. The quantitative estimate of drug-likeness (QED) is 0.413. The van der Waals surface area contributed by atoms with Gasteiger partial charge >= 0.3 is 0 Å². The van der Waals surface area contributed by atoms with Crippen molar-refractivity contribution in [2.75, 3.05) is 32.8 Å². The molecule has 0 amide bonds. The third-order valence-electron chi connectivity index (χ3n) is 6.03. The van der Waals surface area contributed by atoms with E-state index in [1.807, 2.05) is 0 Å². The highest BCUT2D eigenvalue weighted by molar-refractivity contribution is 14.0. The molecule has 0 spiro atoms. The van der Waals surface area contributed by atoms with Crippen LogP contribution in [-0.2, 0) is 12.8 Å². The minimum absolute atomic E-state index is 0. The number of benzene rings is 1. The van der Waals surface area contributed by atoms with Gasteiger partial charge in [-0.05, 0) is 55.2 Å². The molecule has 1 saturated carbocycles. The summed E-state index contributed by atoms with van der Waals surface area (Å²) in [5.41, 5.74) is 2.73. The van der Waals surface area contributed by atoms with Gasteiger partial charge in [0.2, 0.25) is 0 Å². The fraction of sp³-hybridized carbons (Fsp3) is 0.667. The zero-order valence-electron chi connectivity index (χ0n) is 15.9. The first-order valence-corrected chi connectivity index (χ1v) is 10.1. The smallest absolute Gasteiger partial charge is 0.193 e. The number of nitrogens with one attached hydrogen (secondary N) is 1. The van der Waals surface area contributed by atoms with E-state index in [1.54, 1.807) is 0 Å². The molecule has 3 aliphatic rings. The fourth-order valence-electron chi connectivity index (χ4n) is 4.69. The molecular formula is C21H32IN3O. The van der Waals surface area contributed by atoms with E-state index in [9.17, 15) is 0 Å². The molecule has 1 N–H and O–H groups in total. The van der Waals surface area contributed by atoms with Crippen LogP contribution in [0, 0.1) is 11.8 Å². The highest BCUT2D eigenvalue weighted by Crippen LogP contribution is 2.36. The largest absolute Gasteiger partial charge is 0.493 e. The van der Waals surface area contributed by atoms with Crippen molar-refractivity contribution in [3.63, 3.8) is 0 Å². The van der Waals surface area contributed by atoms with Gasteiger partial charge in [-0.2, -0.15) is 0 Å². The number of likely N-dealkylation sites (tertiary alicyclic amines) is 1. The van der Waals surface area contributed by atoms with Gasteiger partial charge in [0.1, 0.15) is 5.75 Å². The van der Waals surface area contributed by atoms with E-state index in [-0.39, 0.29) is 24.0 Å². The van der Waals surface area contributed by atoms with Crippen LogP contribution in [0.15, 0.2) is 23.2 Å². The van der Waals surface area contributed by atoms with Gasteiger partial charge in [-0.1, -0.05) is 25.0 Å². The van der Waals surface area contributed by atoms with Crippen molar-refractivity contribution >= 4 is 29.9 Å². The molecule has 1 aromatic carbocycles. The zero-order valence-corrected chi connectivity index (χ0v) is 18.2. The van der Waals surface area contributed by atoms with Gasteiger partial charge in [0.05, 0.1) is 6.61 Å². The number of nitrogens with zero attached hydrogens (tertiary/aromatic N) is 2. The van der Waals surface area contributed by atoms with Gasteiger partial charge in [0.15, 0.2) is 5.96 Å². The summed E-state index contributed by atoms with van der Waals surface area (Å²) in [5.74, 6) is 3.99. The van der Waals surface area contributed by atoms with E-state index >= 15 is 0 Å². The molecule has 1 saturated heterocycles. The second-order valence-electron chi connectivity index (χ2n) is 7.74. The third kappa shape index (κ3) is 4.46. The van der Waals surface area contributed by atoms with Crippen molar-refractivity contribution in [3.8, 4) is 5.75 Å². The molecule has 1 aliphatic carbocycles. The number of halogens is 1. The maximum atomic E-state index is 5.60. The summed E-state index contributed by atoms with van der Waals surface area (Å²) in [6.07, 6.45) is 7.72. The van der Waals surface area contributed by atoms with Crippen molar-refractivity contribution in [1.82, 2.24) is 10.2 Å². The number of guanidine groups is 1. The summed E-state index contributed by atoms with van der Waals surface area (Å²) in [6, 6.07) is 6.62. The van der Waals surface area contributed by atoms with E-state index in [0.29, 0.717) is 0 Å². The van der Waals surface area contributed by atoms with Crippen LogP contribution in [0.25, 0.3) is 0 Å². The molecule has 4 rings (SSSR count). The Balaban J connectivity index is 0.00000196. The second kappa shape index (κ2) is 9.29. The number of fused-ring (bicyclic) bond motifs is 2. The average Bonchev–Trinajstić information content (AvgIpc) is 3.27. The summed E-state index contributed by atoms with van der Waals surface area (Å²) in [5, 5.41) is 3.52. The standard InChI is InChI=1S/C21H31N3O.HI/c1-2-22-21(24-14-18-5-3-4-6-19(18)15-24)23-11-9-16-7-8-20-17(13-16)10-12-25-20;/h7-8,13,18-19H,2-6,9-12,14-15H2,1H3,(H,22,23);1H. The molecule has 144 valence electrons. The third-order valence-corrected chi connectivity index (χ3v) is 6.03. The average molecular weight is 469 g/mol. The topological polar surface area (TPSA) is 36.9 Å². The van der Waals surface area contributed by atoms with Crippen LogP contribution < -0.4 is 10.1 Å². The molecule has 2 atom stereocenters. The monoisotopic (exact) mass is 469 g/mol. The SMILES string of the molecule is CCNC(=NCCc1ccc2c(c1)CCO2)N1CC2CCCCC2C1.I. The van der Waals surface area contributed by atoms with E-state index in [1.165, 1.54) is 49.9 Å². The summed E-state index contributed by atoms with van der Waals surface area (Å²) in [6.45, 7) is 7.20. The van der Waals surface area contributed by atoms with Crippen molar-refractivity contribution in [2.45, 2.75) is 45.4 Å². The molecule has 0 bridgehead atoms. The van der Waals surface area contributed by atoms with E-state index < -0.39 is 0 Å². The highest BCUT2D eigenvalue weighted by atomic mass is 127. The first-order chi connectivity index (χ1) is 12.3. The van der Waals surface area contributed by atoms with Crippen LogP contribution in [0.4, 0.5) is 0 Å². The van der Waals surface area contributed by atoms with Crippen LogP contribution in [-0.4, -0.2) is 43.6 Å². The normalized spacial score (nSPS) is 24.5. The molecule has 26 heavy (non-hydrogen) atoms. The first kappa shape index (κ1) is 19.8. The summed E-state index contributed by atoms with van der Waals surface area (Å²) < 4.78 is 5.60. The molecule has 1 aromatic rings. The summed E-state index contributed by atoms with van der Waals surface area (Å²) in [7, 11) is 0. The van der Waals surface area contributed by atoms with Crippen molar-refractivity contribution in [3.05, 3.63) is 29.3 Å². The number of ether oxygens (including phenoxy) is 1. The lowest BCUT2D eigenvalue weighted by Crippen LogP contribution is -2.40. The number of hydrogen-bond acceptors (Lipinski definition) is 2. The van der Waals surface area contributed by atoms with Gasteiger partial charge < -0.3 is 15.0 Å². The van der Waals surface area contributed by atoms with Crippen LogP contribution in [0.5, 0.6) is 5.75 Å². The number of rotatable bonds is 4. The van der Waals surface area contributed by atoms with E-state index in [2.05, 4.69) is 35.3 Å². The van der Waals surface area contributed by atoms with Crippen LogP contribution >= 0.6 is 24.0 Å². The van der Waals surface area contributed by atoms with Crippen LogP contribution in [0.1, 0.15) is 43.7 Å². The Labute approximate surface area is 174 Å². The Morgan fingerprint density at radius 2 is 2.00 bits per heavy atom. The van der Waals surface area contributed by atoms with E-state index in [0.717, 1.165) is 56.1 Å². The molecule has 0 aromatic heterocycles. The molecule has 4 nitrogen and oxygen atoms in total. The van der Waals surface area contributed by atoms with Gasteiger partial charge in [-0.25, -0.2) is 0 Å². The molecule has 2 fully saturated rings. The molecule has 2 unspecified atom stereocenters. The zero-order chi connectivity index (χ0) is 17.1. The van der Waals surface area contributed by atoms with Crippen molar-refractivity contribution < 1.29 is 4.74 Å². The maximum absolute atomic E-state index is 5.60. The van der Waals surface area contributed by atoms with E-state index in [4.69, 9.17) is 9.73 Å². The molecule has 5 heteroatoms. The fourth-order valence-corrected chi connectivity index (χ4v) is 4.69. The van der Waals surface area contributed by atoms with Crippen LogP contribution in [0.2, 0.25) is 0 Å². The second-order valence-corrected chi connectivity index (χ2v) is 7.74. The van der Waals surface area contributed by atoms with Crippen LogP contribution in [0.3, 0.4) is 0 Å².